The molecule has 0 aliphatic heterocycles. The molecular weight excluding hydrogens is 392 g/mol. The Kier molecular flexibility index (Phi) is 5.87. The molecule has 0 unspecified atom stereocenters. The van der Waals surface area contributed by atoms with Gasteiger partial charge in [-0.2, -0.15) is 0 Å². The van der Waals surface area contributed by atoms with Gasteiger partial charge in [0, 0.05) is 21.8 Å². The molecule has 2 rings (SSSR count). The first-order valence-electron chi connectivity index (χ1n) is 7.30. The van der Waals surface area contributed by atoms with Crippen LogP contribution in [0.4, 0.5) is 11.4 Å². The highest BCUT2D eigenvalue weighted by molar-refractivity contribution is 9.10. The fourth-order valence-corrected chi connectivity index (χ4v) is 2.42. The summed E-state index contributed by atoms with van der Waals surface area (Å²) in [6, 6.07) is 11.0. The summed E-state index contributed by atoms with van der Waals surface area (Å²) in [5.74, 6) is -1.31. The van der Waals surface area contributed by atoms with Crippen molar-refractivity contribution in [3.8, 4) is 0 Å². The van der Waals surface area contributed by atoms with Crippen molar-refractivity contribution in [3.05, 3.63) is 68.2 Å². The second-order valence-corrected chi connectivity index (χ2v) is 6.22. The van der Waals surface area contributed by atoms with Crippen LogP contribution in [0.2, 0.25) is 0 Å². The van der Waals surface area contributed by atoms with Gasteiger partial charge in [-0.1, -0.05) is 28.1 Å². The number of carbonyl (C=O) groups excluding carboxylic acids is 2. The third-order valence-corrected chi connectivity index (χ3v) is 3.88. The van der Waals surface area contributed by atoms with Gasteiger partial charge >= 0.3 is 5.97 Å². The first-order valence-corrected chi connectivity index (χ1v) is 8.09. The van der Waals surface area contributed by atoms with Crippen LogP contribution in [0.15, 0.2) is 46.9 Å². The second-order valence-electron chi connectivity index (χ2n) is 5.31. The zero-order valence-corrected chi connectivity index (χ0v) is 15.1. The van der Waals surface area contributed by atoms with Gasteiger partial charge in [0.25, 0.3) is 11.6 Å². The molecule has 0 saturated heterocycles. The van der Waals surface area contributed by atoms with E-state index in [1.165, 1.54) is 19.1 Å². The van der Waals surface area contributed by atoms with Crippen molar-refractivity contribution in [2.24, 2.45) is 0 Å². The lowest BCUT2D eigenvalue weighted by molar-refractivity contribution is -0.385. The summed E-state index contributed by atoms with van der Waals surface area (Å²) in [5, 5.41) is 13.6. The monoisotopic (exact) mass is 406 g/mol. The van der Waals surface area contributed by atoms with Crippen LogP contribution in [0.1, 0.15) is 22.8 Å². The van der Waals surface area contributed by atoms with Gasteiger partial charge in [-0.3, -0.25) is 14.9 Å². The Hall–Kier alpha value is -2.74. The molecule has 0 bridgehead atoms. The Bertz CT molecular complexity index is 838. The summed E-state index contributed by atoms with van der Waals surface area (Å²) in [6.45, 7) is 3.00. The van der Waals surface area contributed by atoms with Crippen molar-refractivity contribution < 1.29 is 19.2 Å². The quantitative estimate of drug-likeness (QED) is 0.461. The zero-order valence-electron chi connectivity index (χ0n) is 13.5. The van der Waals surface area contributed by atoms with Crippen LogP contribution >= 0.6 is 15.9 Å². The molecule has 130 valence electrons. The van der Waals surface area contributed by atoms with Crippen LogP contribution in [0, 0.1) is 17.0 Å². The maximum Gasteiger partial charge on any atom is 0.339 e. The first-order chi connectivity index (χ1) is 11.8. The number of anilines is 1. The summed E-state index contributed by atoms with van der Waals surface area (Å²) < 4.78 is 5.88. The number of amides is 1. The number of nitro groups is 1. The van der Waals surface area contributed by atoms with Gasteiger partial charge in [0.1, 0.15) is 0 Å². The zero-order chi connectivity index (χ0) is 18.6. The minimum absolute atomic E-state index is 0.0133. The van der Waals surface area contributed by atoms with Gasteiger partial charge in [-0.05, 0) is 38.1 Å². The van der Waals surface area contributed by atoms with E-state index in [1.807, 2.05) is 6.07 Å². The van der Waals surface area contributed by atoms with Crippen molar-refractivity contribution in [1.29, 1.82) is 0 Å². The maximum atomic E-state index is 12.1. The second kappa shape index (κ2) is 7.89. The highest BCUT2D eigenvalue weighted by Gasteiger charge is 2.21. The van der Waals surface area contributed by atoms with Gasteiger partial charge < -0.3 is 10.1 Å². The minimum Gasteiger partial charge on any atom is -0.449 e. The summed E-state index contributed by atoms with van der Waals surface area (Å²) >= 11 is 3.29. The van der Waals surface area contributed by atoms with Crippen molar-refractivity contribution in [2.75, 3.05) is 5.32 Å². The number of nitro benzene ring substituents is 1. The standard InChI is InChI=1S/C17H15BrN2O5/c1-10-6-7-12(8-15(10)20(23)24)17(22)25-11(2)16(21)19-14-5-3-4-13(18)9-14/h3-9,11H,1-2H3,(H,19,21)/t11-/m1/s1. The molecule has 25 heavy (non-hydrogen) atoms. The fourth-order valence-electron chi connectivity index (χ4n) is 2.03. The van der Waals surface area contributed by atoms with Crippen molar-refractivity contribution in [2.45, 2.75) is 20.0 Å². The molecule has 2 aromatic carbocycles. The maximum absolute atomic E-state index is 12.1. The number of halogens is 1. The number of ether oxygens (including phenoxy) is 1. The van der Waals surface area contributed by atoms with E-state index in [0.29, 0.717) is 11.3 Å². The Labute approximate surface area is 152 Å². The molecule has 1 N–H and O–H groups in total. The van der Waals surface area contributed by atoms with E-state index in [2.05, 4.69) is 21.2 Å². The molecule has 1 atom stereocenters. The molecule has 7 nitrogen and oxygen atoms in total. The van der Waals surface area contributed by atoms with E-state index in [1.54, 1.807) is 25.1 Å². The number of hydrogen-bond donors (Lipinski definition) is 1. The van der Waals surface area contributed by atoms with Gasteiger partial charge in [-0.25, -0.2) is 4.79 Å². The largest absolute Gasteiger partial charge is 0.449 e. The normalized spacial score (nSPS) is 11.5. The number of esters is 1. The lowest BCUT2D eigenvalue weighted by Gasteiger charge is -2.14. The molecular formula is C17H15BrN2O5. The Morgan fingerprint density at radius 3 is 2.60 bits per heavy atom. The number of rotatable bonds is 5. The van der Waals surface area contributed by atoms with E-state index < -0.39 is 22.9 Å². The molecule has 0 spiro atoms. The number of benzene rings is 2. The molecule has 0 fully saturated rings. The third kappa shape index (κ3) is 4.87. The number of aryl methyl sites for hydroxylation is 1. The van der Waals surface area contributed by atoms with Crippen LogP contribution in [-0.2, 0) is 9.53 Å². The van der Waals surface area contributed by atoms with Gasteiger partial charge in [0.2, 0.25) is 0 Å². The molecule has 1 amide bonds. The van der Waals surface area contributed by atoms with Crippen LogP contribution in [0.25, 0.3) is 0 Å². The highest BCUT2D eigenvalue weighted by atomic mass is 79.9. The van der Waals surface area contributed by atoms with E-state index in [9.17, 15) is 19.7 Å². The Morgan fingerprint density at radius 2 is 1.96 bits per heavy atom. The van der Waals surface area contributed by atoms with E-state index in [0.717, 1.165) is 10.5 Å². The van der Waals surface area contributed by atoms with Gasteiger partial charge in [0.05, 0.1) is 10.5 Å². The smallest absolute Gasteiger partial charge is 0.339 e. The molecule has 2 aromatic rings. The molecule has 8 heteroatoms. The van der Waals surface area contributed by atoms with Crippen molar-refractivity contribution in [1.82, 2.24) is 0 Å². The average Bonchev–Trinajstić information content (AvgIpc) is 2.54. The van der Waals surface area contributed by atoms with Crippen molar-refractivity contribution >= 4 is 39.2 Å². The molecule has 0 saturated carbocycles. The summed E-state index contributed by atoms with van der Waals surface area (Å²) in [6.07, 6.45) is -1.06. The van der Waals surface area contributed by atoms with E-state index in [-0.39, 0.29) is 11.3 Å². The molecule has 0 aliphatic carbocycles. The Morgan fingerprint density at radius 1 is 1.24 bits per heavy atom. The summed E-state index contributed by atoms with van der Waals surface area (Å²) in [7, 11) is 0. The molecule has 0 heterocycles. The van der Waals surface area contributed by atoms with E-state index in [4.69, 9.17) is 4.74 Å². The molecule has 0 aliphatic rings. The van der Waals surface area contributed by atoms with Gasteiger partial charge in [0.15, 0.2) is 6.10 Å². The van der Waals surface area contributed by atoms with Crippen LogP contribution in [-0.4, -0.2) is 22.9 Å². The SMILES string of the molecule is Cc1ccc(C(=O)O[C@H](C)C(=O)Nc2cccc(Br)c2)cc1[N+](=O)[O-]. The highest BCUT2D eigenvalue weighted by Crippen LogP contribution is 2.20. The minimum atomic E-state index is -1.06. The molecule has 0 radical (unpaired) electrons. The summed E-state index contributed by atoms with van der Waals surface area (Å²) in [4.78, 5) is 34.6. The number of nitrogens with zero attached hydrogens (tertiary/aromatic N) is 1. The topological polar surface area (TPSA) is 98.5 Å². The first kappa shape index (κ1) is 18.6. The number of hydrogen-bond acceptors (Lipinski definition) is 5. The lowest BCUT2D eigenvalue weighted by atomic mass is 10.1. The van der Waals surface area contributed by atoms with Crippen LogP contribution in [0.3, 0.4) is 0 Å². The predicted molar refractivity (Wildman–Crippen MR) is 95.5 cm³/mol. The molecule has 0 aromatic heterocycles. The van der Waals surface area contributed by atoms with Crippen LogP contribution in [0.5, 0.6) is 0 Å². The lowest BCUT2D eigenvalue weighted by Crippen LogP contribution is -2.30. The summed E-state index contributed by atoms with van der Waals surface area (Å²) in [5.41, 5.74) is 0.815. The fraction of sp³-hybridized carbons (Fsp3) is 0.176. The van der Waals surface area contributed by atoms with Crippen molar-refractivity contribution in [3.63, 3.8) is 0 Å². The van der Waals surface area contributed by atoms with Crippen LogP contribution < -0.4 is 5.32 Å². The average molecular weight is 407 g/mol. The Balaban J connectivity index is 2.05. The van der Waals surface area contributed by atoms with E-state index >= 15 is 0 Å². The van der Waals surface area contributed by atoms with Gasteiger partial charge in [-0.15, -0.1) is 0 Å². The third-order valence-electron chi connectivity index (χ3n) is 3.39. The number of carbonyl (C=O) groups is 2. The predicted octanol–water partition coefficient (Wildman–Crippen LogP) is 3.85. The number of nitrogens with one attached hydrogen (secondary N) is 1.